The van der Waals surface area contributed by atoms with E-state index in [-0.39, 0.29) is 22.6 Å². The minimum absolute atomic E-state index is 0.0810. The van der Waals surface area contributed by atoms with E-state index in [0.29, 0.717) is 5.69 Å². The molecule has 0 aliphatic heterocycles. The number of rotatable bonds is 6. The third-order valence-corrected chi connectivity index (χ3v) is 5.46. The normalized spacial score (nSPS) is 11.1. The number of halogens is 2. The predicted molar refractivity (Wildman–Crippen MR) is 106 cm³/mol. The van der Waals surface area contributed by atoms with Gasteiger partial charge >= 0.3 is 0 Å². The summed E-state index contributed by atoms with van der Waals surface area (Å²) in [7, 11) is -3.89. The van der Waals surface area contributed by atoms with Gasteiger partial charge in [-0.2, -0.15) is 0 Å². The van der Waals surface area contributed by atoms with Crippen molar-refractivity contribution in [1.29, 1.82) is 0 Å². The number of carbonyl (C=O) groups is 1. The molecule has 0 bridgehead atoms. The van der Waals surface area contributed by atoms with E-state index in [1.54, 1.807) is 24.3 Å². The van der Waals surface area contributed by atoms with Crippen LogP contribution in [0.2, 0.25) is 0 Å². The number of anilines is 1. The van der Waals surface area contributed by atoms with Crippen LogP contribution in [0.3, 0.4) is 0 Å². The highest BCUT2D eigenvalue weighted by molar-refractivity contribution is 7.92. The van der Waals surface area contributed by atoms with Gasteiger partial charge in [0.25, 0.3) is 15.9 Å². The molecule has 1 amide bonds. The smallest absolute Gasteiger partial charge is 0.261 e. The van der Waals surface area contributed by atoms with Gasteiger partial charge in [0.05, 0.1) is 4.90 Å². The first-order valence-electron chi connectivity index (χ1n) is 8.66. The fourth-order valence-electron chi connectivity index (χ4n) is 2.64. The highest BCUT2D eigenvalue weighted by Crippen LogP contribution is 2.18. The number of hydrogen-bond acceptors (Lipinski definition) is 3. The standard InChI is InChI=1S/C21H18F2N2O3S/c1-14-5-7-19(8-6-14)25-29(27,28)20-4-2-3-16(11-20)21(26)24-13-15-9-17(22)12-18(23)10-15/h2-12,25H,13H2,1H3,(H,24,26). The van der Waals surface area contributed by atoms with Crippen LogP contribution in [-0.2, 0) is 16.6 Å². The van der Waals surface area contributed by atoms with E-state index < -0.39 is 27.6 Å². The number of aryl methyl sites for hydroxylation is 1. The molecule has 0 unspecified atom stereocenters. The van der Waals surface area contributed by atoms with Crippen molar-refractivity contribution in [3.05, 3.63) is 95.1 Å². The van der Waals surface area contributed by atoms with Crippen LogP contribution in [0.5, 0.6) is 0 Å². The summed E-state index contributed by atoms with van der Waals surface area (Å²) in [6, 6.07) is 15.3. The molecule has 5 nitrogen and oxygen atoms in total. The summed E-state index contributed by atoms with van der Waals surface area (Å²) in [4.78, 5) is 12.3. The lowest BCUT2D eigenvalue weighted by Gasteiger charge is -2.10. The van der Waals surface area contributed by atoms with Crippen LogP contribution in [0.15, 0.2) is 71.6 Å². The largest absolute Gasteiger partial charge is 0.348 e. The SMILES string of the molecule is Cc1ccc(NS(=O)(=O)c2cccc(C(=O)NCc3cc(F)cc(F)c3)c2)cc1. The molecule has 0 aliphatic carbocycles. The first-order chi connectivity index (χ1) is 13.7. The molecular formula is C21H18F2N2O3S. The van der Waals surface area contributed by atoms with Crippen molar-refractivity contribution in [2.75, 3.05) is 4.72 Å². The summed E-state index contributed by atoms with van der Waals surface area (Å²) in [6.45, 7) is 1.78. The number of hydrogen-bond donors (Lipinski definition) is 2. The minimum Gasteiger partial charge on any atom is -0.348 e. The van der Waals surface area contributed by atoms with E-state index in [9.17, 15) is 22.0 Å². The zero-order valence-corrected chi connectivity index (χ0v) is 16.3. The van der Waals surface area contributed by atoms with Crippen LogP contribution in [0.4, 0.5) is 14.5 Å². The molecule has 0 fully saturated rings. The Labute approximate surface area is 167 Å². The van der Waals surface area contributed by atoms with E-state index in [0.717, 1.165) is 23.8 Å². The topological polar surface area (TPSA) is 75.3 Å². The Balaban J connectivity index is 1.73. The van der Waals surface area contributed by atoms with Crippen LogP contribution in [0.25, 0.3) is 0 Å². The Morgan fingerprint density at radius 1 is 0.931 bits per heavy atom. The van der Waals surface area contributed by atoms with Gasteiger partial charge in [0.2, 0.25) is 0 Å². The molecule has 0 heterocycles. The van der Waals surface area contributed by atoms with Crippen molar-refractivity contribution >= 4 is 21.6 Å². The summed E-state index contributed by atoms with van der Waals surface area (Å²) in [6.07, 6.45) is 0. The van der Waals surface area contributed by atoms with E-state index in [4.69, 9.17) is 0 Å². The number of sulfonamides is 1. The Hall–Kier alpha value is -3.26. The molecule has 0 saturated carbocycles. The highest BCUT2D eigenvalue weighted by atomic mass is 32.2. The molecule has 3 aromatic carbocycles. The monoisotopic (exact) mass is 416 g/mol. The molecule has 8 heteroatoms. The predicted octanol–water partition coefficient (Wildman–Crippen LogP) is 4.00. The average Bonchev–Trinajstić information content (AvgIpc) is 2.67. The quantitative estimate of drug-likeness (QED) is 0.638. The van der Waals surface area contributed by atoms with Gasteiger partial charge in [-0.15, -0.1) is 0 Å². The van der Waals surface area contributed by atoms with Crippen LogP contribution in [-0.4, -0.2) is 14.3 Å². The van der Waals surface area contributed by atoms with E-state index in [2.05, 4.69) is 10.0 Å². The van der Waals surface area contributed by atoms with Gasteiger partial charge < -0.3 is 5.32 Å². The van der Waals surface area contributed by atoms with Crippen LogP contribution < -0.4 is 10.0 Å². The number of carbonyl (C=O) groups excluding carboxylic acids is 1. The second-order valence-corrected chi connectivity index (χ2v) is 8.14. The van der Waals surface area contributed by atoms with Crippen molar-refractivity contribution in [3.8, 4) is 0 Å². The lowest BCUT2D eigenvalue weighted by Crippen LogP contribution is -2.23. The van der Waals surface area contributed by atoms with Crippen molar-refractivity contribution in [2.45, 2.75) is 18.4 Å². The molecule has 150 valence electrons. The molecule has 0 spiro atoms. The maximum Gasteiger partial charge on any atom is 0.261 e. The van der Waals surface area contributed by atoms with Gasteiger partial charge in [-0.1, -0.05) is 23.8 Å². The average molecular weight is 416 g/mol. The lowest BCUT2D eigenvalue weighted by molar-refractivity contribution is 0.0950. The maximum absolute atomic E-state index is 13.2. The summed E-state index contributed by atoms with van der Waals surface area (Å²) >= 11 is 0. The zero-order valence-electron chi connectivity index (χ0n) is 15.4. The third-order valence-electron chi connectivity index (χ3n) is 4.09. The number of nitrogens with one attached hydrogen (secondary N) is 2. The Morgan fingerprint density at radius 2 is 1.59 bits per heavy atom. The molecule has 3 rings (SSSR count). The zero-order chi connectivity index (χ0) is 21.0. The van der Waals surface area contributed by atoms with Crippen molar-refractivity contribution in [2.24, 2.45) is 0 Å². The van der Waals surface area contributed by atoms with E-state index in [1.165, 1.54) is 24.3 Å². The van der Waals surface area contributed by atoms with Crippen LogP contribution in [0, 0.1) is 18.6 Å². The molecule has 3 aromatic rings. The summed E-state index contributed by atoms with van der Waals surface area (Å²) < 4.78 is 54.1. The number of amides is 1. The first-order valence-corrected chi connectivity index (χ1v) is 10.1. The van der Waals surface area contributed by atoms with Crippen molar-refractivity contribution in [1.82, 2.24) is 5.32 Å². The second-order valence-electron chi connectivity index (χ2n) is 6.46. The Bertz CT molecular complexity index is 1130. The Kier molecular flexibility index (Phi) is 5.93. The minimum atomic E-state index is -3.89. The van der Waals surface area contributed by atoms with Gasteiger partial charge in [-0.25, -0.2) is 17.2 Å². The molecule has 29 heavy (non-hydrogen) atoms. The highest BCUT2D eigenvalue weighted by Gasteiger charge is 2.16. The van der Waals surface area contributed by atoms with Gasteiger partial charge in [-0.3, -0.25) is 9.52 Å². The van der Waals surface area contributed by atoms with Gasteiger partial charge in [-0.05, 0) is 55.0 Å². The molecule has 2 N–H and O–H groups in total. The molecule has 0 radical (unpaired) electrons. The molecule has 0 saturated heterocycles. The van der Waals surface area contributed by atoms with Crippen molar-refractivity contribution in [3.63, 3.8) is 0 Å². The summed E-state index contributed by atoms with van der Waals surface area (Å²) in [5.41, 5.74) is 1.75. The van der Waals surface area contributed by atoms with Gasteiger partial charge in [0.1, 0.15) is 11.6 Å². The molecular weight excluding hydrogens is 398 g/mol. The number of benzene rings is 3. The van der Waals surface area contributed by atoms with Crippen LogP contribution in [0.1, 0.15) is 21.5 Å². The molecule has 0 atom stereocenters. The van der Waals surface area contributed by atoms with E-state index in [1.807, 2.05) is 6.92 Å². The summed E-state index contributed by atoms with van der Waals surface area (Å²) in [5.74, 6) is -2.06. The second kappa shape index (κ2) is 8.40. The van der Waals surface area contributed by atoms with Gasteiger partial charge in [0, 0.05) is 23.9 Å². The summed E-state index contributed by atoms with van der Waals surface area (Å²) in [5, 5.41) is 2.52. The molecule has 0 aromatic heterocycles. The molecule has 0 aliphatic rings. The van der Waals surface area contributed by atoms with E-state index >= 15 is 0 Å². The van der Waals surface area contributed by atoms with Crippen LogP contribution >= 0.6 is 0 Å². The third kappa shape index (κ3) is 5.39. The fourth-order valence-corrected chi connectivity index (χ4v) is 3.74. The van der Waals surface area contributed by atoms with Crippen molar-refractivity contribution < 1.29 is 22.0 Å². The van der Waals surface area contributed by atoms with Gasteiger partial charge in [0.15, 0.2) is 0 Å². The first kappa shape index (κ1) is 20.5. The fraction of sp³-hybridized carbons (Fsp3) is 0.0952. The lowest BCUT2D eigenvalue weighted by atomic mass is 10.2. The Morgan fingerprint density at radius 3 is 2.24 bits per heavy atom. The maximum atomic E-state index is 13.2.